The molecular weight excluding hydrogens is 540 g/mol. The summed E-state index contributed by atoms with van der Waals surface area (Å²) in [5.41, 5.74) is 17.3. The van der Waals surface area contributed by atoms with E-state index in [1.54, 1.807) is 0 Å². The number of H-pyrrole nitrogens is 1. The van der Waals surface area contributed by atoms with E-state index in [9.17, 15) is 9.59 Å². The number of carbonyl (C=O) groups excluding carboxylic acids is 2. The SMILES string of the molecule is NCC1CCC(C(=O)C[C@@H](Cc2ccc(-c3cccc4[nH]nc(N)c34)cc2)C(=O)Nc2ccc(C3=NCN=N3)cc2)CC1. The zero-order valence-electron chi connectivity index (χ0n) is 24.0. The fraction of sp³-hybridized carbons (Fsp3) is 0.333. The van der Waals surface area contributed by atoms with Crippen LogP contribution in [0.5, 0.6) is 0 Å². The average Bonchev–Trinajstić information content (AvgIpc) is 3.72. The second-order valence-electron chi connectivity index (χ2n) is 11.5. The molecule has 1 saturated carbocycles. The Labute approximate surface area is 250 Å². The van der Waals surface area contributed by atoms with Crippen LogP contribution in [0.15, 0.2) is 82.0 Å². The summed E-state index contributed by atoms with van der Waals surface area (Å²) in [6.07, 6.45) is 4.27. The van der Waals surface area contributed by atoms with Crippen molar-refractivity contribution >= 4 is 39.9 Å². The molecule has 1 amide bonds. The van der Waals surface area contributed by atoms with Gasteiger partial charge in [-0.15, -0.1) is 5.11 Å². The summed E-state index contributed by atoms with van der Waals surface area (Å²) in [4.78, 5) is 31.3. The zero-order valence-corrected chi connectivity index (χ0v) is 24.0. The number of hydrogen-bond donors (Lipinski definition) is 4. The summed E-state index contributed by atoms with van der Waals surface area (Å²) in [6.45, 7) is 1.00. The molecule has 2 aliphatic rings. The molecule has 43 heavy (non-hydrogen) atoms. The van der Waals surface area contributed by atoms with Crippen molar-refractivity contribution in [2.24, 2.45) is 38.7 Å². The van der Waals surface area contributed by atoms with Crippen LogP contribution in [0.3, 0.4) is 0 Å². The highest BCUT2D eigenvalue weighted by atomic mass is 16.2. The molecule has 220 valence electrons. The van der Waals surface area contributed by atoms with Crippen molar-refractivity contribution in [3.8, 4) is 11.1 Å². The topological polar surface area (TPSA) is 164 Å². The van der Waals surface area contributed by atoms with Crippen LogP contribution < -0.4 is 16.8 Å². The number of carbonyl (C=O) groups is 2. The molecule has 1 aliphatic carbocycles. The van der Waals surface area contributed by atoms with Gasteiger partial charge in [0, 0.05) is 29.5 Å². The number of ketones is 1. The number of Topliss-reactive ketones (excluding diaryl/α,β-unsaturated/α-hetero) is 1. The van der Waals surface area contributed by atoms with Crippen LogP contribution in [0.2, 0.25) is 0 Å². The van der Waals surface area contributed by atoms with Gasteiger partial charge in [0.15, 0.2) is 18.3 Å². The standard InChI is InChI=1S/C33H36N8O2/c34-18-21-6-10-23(11-7-21)29(42)17-25(33(43)38-26-14-12-24(13-15-26)32-36-19-37-41-32)16-20-4-8-22(9-5-20)27-2-1-3-28-30(27)31(35)40-39-28/h1-5,8-9,12-15,21,23,25H,6-7,10-11,16-19,34H2,(H,38,43)(H3,35,39,40)/t21?,23?,25-/m1/s1. The number of aromatic nitrogens is 2. The van der Waals surface area contributed by atoms with Crippen LogP contribution in [0, 0.1) is 17.8 Å². The van der Waals surface area contributed by atoms with Crippen molar-refractivity contribution in [2.75, 3.05) is 24.3 Å². The fourth-order valence-corrected chi connectivity index (χ4v) is 6.16. The van der Waals surface area contributed by atoms with E-state index in [2.05, 4.69) is 30.7 Å². The number of nitrogens with two attached hydrogens (primary N) is 2. The summed E-state index contributed by atoms with van der Waals surface area (Å²) < 4.78 is 0. The molecule has 4 aromatic rings. The van der Waals surface area contributed by atoms with Crippen molar-refractivity contribution in [3.05, 3.63) is 77.9 Å². The highest BCUT2D eigenvalue weighted by Crippen LogP contribution is 2.33. The zero-order chi connectivity index (χ0) is 29.8. The number of aromatic amines is 1. The van der Waals surface area contributed by atoms with Gasteiger partial charge in [-0.2, -0.15) is 10.2 Å². The van der Waals surface area contributed by atoms with Crippen LogP contribution in [-0.4, -0.2) is 40.9 Å². The molecule has 1 aromatic heterocycles. The molecule has 0 unspecified atom stereocenters. The van der Waals surface area contributed by atoms with Gasteiger partial charge in [-0.3, -0.25) is 14.7 Å². The summed E-state index contributed by atoms with van der Waals surface area (Å²) >= 11 is 0. The molecule has 10 heteroatoms. The van der Waals surface area contributed by atoms with Crippen molar-refractivity contribution in [1.29, 1.82) is 0 Å². The Hall–Kier alpha value is -4.70. The monoisotopic (exact) mass is 576 g/mol. The first kappa shape index (κ1) is 28.4. The number of rotatable bonds is 10. The first-order valence-electron chi connectivity index (χ1n) is 14.9. The van der Waals surface area contributed by atoms with E-state index in [0.29, 0.717) is 42.9 Å². The Morgan fingerprint density at radius 1 is 0.953 bits per heavy atom. The van der Waals surface area contributed by atoms with Gasteiger partial charge in [-0.05, 0) is 91.6 Å². The van der Waals surface area contributed by atoms with Crippen molar-refractivity contribution in [1.82, 2.24) is 10.2 Å². The largest absolute Gasteiger partial charge is 0.382 e. The molecular formula is C33H36N8O2. The Morgan fingerprint density at radius 2 is 1.70 bits per heavy atom. The number of nitrogens with one attached hydrogen (secondary N) is 2. The number of amidine groups is 1. The maximum Gasteiger partial charge on any atom is 0.228 e. The summed E-state index contributed by atoms with van der Waals surface area (Å²) in [5, 5.41) is 19.0. The van der Waals surface area contributed by atoms with E-state index in [1.807, 2.05) is 66.7 Å². The lowest BCUT2D eigenvalue weighted by Gasteiger charge is -2.27. The van der Waals surface area contributed by atoms with Gasteiger partial charge in [-0.1, -0.05) is 36.4 Å². The second-order valence-corrected chi connectivity index (χ2v) is 11.5. The van der Waals surface area contributed by atoms with Crippen molar-refractivity contribution < 1.29 is 9.59 Å². The molecule has 0 spiro atoms. The number of aliphatic imine (C=N–C) groups is 1. The van der Waals surface area contributed by atoms with Gasteiger partial charge in [0.05, 0.1) is 10.9 Å². The third-order valence-corrected chi connectivity index (χ3v) is 8.68. The van der Waals surface area contributed by atoms with Gasteiger partial charge in [0.2, 0.25) is 5.91 Å². The lowest BCUT2D eigenvalue weighted by Crippen LogP contribution is -2.31. The van der Waals surface area contributed by atoms with Crippen LogP contribution in [0.25, 0.3) is 22.0 Å². The molecule has 1 fully saturated rings. The quantitative estimate of drug-likeness (QED) is 0.195. The van der Waals surface area contributed by atoms with Crippen LogP contribution in [-0.2, 0) is 16.0 Å². The molecule has 1 aliphatic heterocycles. The van der Waals surface area contributed by atoms with E-state index in [-0.39, 0.29) is 24.0 Å². The maximum absolute atomic E-state index is 13.7. The first-order chi connectivity index (χ1) is 21.0. The third kappa shape index (κ3) is 6.39. The molecule has 1 atom stereocenters. The number of azo groups is 1. The van der Waals surface area contributed by atoms with Crippen LogP contribution in [0.4, 0.5) is 11.5 Å². The predicted molar refractivity (Wildman–Crippen MR) is 169 cm³/mol. The summed E-state index contributed by atoms with van der Waals surface area (Å²) in [6, 6.07) is 21.4. The molecule has 10 nitrogen and oxygen atoms in total. The predicted octanol–water partition coefficient (Wildman–Crippen LogP) is 5.50. The Morgan fingerprint density at radius 3 is 2.40 bits per heavy atom. The Bertz CT molecular complexity index is 1670. The highest BCUT2D eigenvalue weighted by Gasteiger charge is 2.30. The first-order valence-corrected chi connectivity index (χ1v) is 14.9. The minimum absolute atomic E-state index is 0.0120. The van der Waals surface area contributed by atoms with Crippen molar-refractivity contribution in [3.63, 3.8) is 0 Å². The second kappa shape index (κ2) is 12.7. The van der Waals surface area contributed by atoms with E-state index < -0.39 is 5.92 Å². The maximum atomic E-state index is 13.7. The number of nitrogens with zero attached hydrogens (tertiary/aromatic N) is 4. The molecule has 2 heterocycles. The van der Waals surface area contributed by atoms with E-state index in [1.165, 1.54) is 0 Å². The fourth-order valence-electron chi connectivity index (χ4n) is 6.16. The van der Waals surface area contributed by atoms with Gasteiger partial charge >= 0.3 is 0 Å². The lowest BCUT2D eigenvalue weighted by atomic mass is 9.77. The van der Waals surface area contributed by atoms with Gasteiger partial charge in [0.1, 0.15) is 5.78 Å². The van der Waals surface area contributed by atoms with Gasteiger partial charge in [0.25, 0.3) is 0 Å². The summed E-state index contributed by atoms with van der Waals surface area (Å²) in [5.74, 6) is 1.00. The minimum atomic E-state index is -0.508. The molecule has 3 aromatic carbocycles. The average molecular weight is 577 g/mol. The normalized spacial score (nSPS) is 18.9. The molecule has 6 N–H and O–H groups in total. The van der Waals surface area contributed by atoms with E-state index >= 15 is 0 Å². The number of anilines is 2. The van der Waals surface area contributed by atoms with Gasteiger partial charge in [-0.25, -0.2) is 4.99 Å². The Balaban J connectivity index is 1.19. The molecule has 0 bridgehead atoms. The number of amides is 1. The van der Waals surface area contributed by atoms with Crippen LogP contribution >= 0.6 is 0 Å². The van der Waals surface area contributed by atoms with E-state index in [4.69, 9.17) is 11.5 Å². The molecule has 0 radical (unpaired) electrons. The number of benzene rings is 3. The molecule has 6 rings (SSSR count). The number of fused-ring (bicyclic) bond motifs is 1. The number of hydrogen-bond acceptors (Lipinski definition) is 8. The molecule has 0 saturated heterocycles. The minimum Gasteiger partial charge on any atom is -0.382 e. The Kier molecular flexibility index (Phi) is 8.37. The van der Waals surface area contributed by atoms with Crippen LogP contribution in [0.1, 0.15) is 43.2 Å². The van der Waals surface area contributed by atoms with Crippen molar-refractivity contribution in [2.45, 2.75) is 38.5 Å². The highest BCUT2D eigenvalue weighted by molar-refractivity contribution is 6.02. The lowest BCUT2D eigenvalue weighted by molar-refractivity contribution is -0.129. The third-order valence-electron chi connectivity index (χ3n) is 8.68. The smallest absolute Gasteiger partial charge is 0.228 e. The van der Waals surface area contributed by atoms with E-state index in [0.717, 1.165) is 58.8 Å². The van der Waals surface area contributed by atoms with Gasteiger partial charge < -0.3 is 16.8 Å². The number of nitrogen functional groups attached to an aromatic ring is 1. The summed E-state index contributed by atoms with van der Waals surface area (Å²) in [7, 11) is 0.